The van der Waals surface area contributed by atoms with Gasteiger partial charge in [-0.25, -0.2) is 9.97 Å². The second kappa shape index (κ2) is 3.03. The average molecular weight is 212 g/mol. The lowest BCUT2D eigenvalue weighted by Gasteiger charge is -2.18. The molecule has 2 aromatic heterocycles. The molecule has 0 aliphatic rings. The molecule has 0 amide bonds. The van der Waals surface area contributed by atoms with Crippen molar-refractivity contribution in [3.8, 4) is 0 Å². The highest BCUT2D eigenvalue weighted by Crippen LogP contribution is 2.34. The second-order valence-electron chi connectivity index (χ2n) is 3.72. The molecule has 0 fully saturated rings. The van der Waals surface area contributed by atoms with Gasteiger partial charge in [0.05, 0.1) is 5.51 Å². The Balaban J connectivity index is 2.50. The maximum Gasteiger partial charge on any atom is 0.154 e. The van der Waals surface area contributed by atoms with Crippen LogP contribution in [0.25, 0.3) is 9.66 Å². The first-order valence-corrected chi connectivity index (χ1v) is 6.03. The summed E-state index contributed by atoms with van der Waals surface area (Å²) in [6.45, 7) is 6.66. The Labute approximate surface area is 85.7 Å². The molecular weight excluding hydrogens is 200 g/mol. The van der Waals surface area contributed by atoms with Gasteiger partial charge in [0.15, 0.2) is 9.66 Å². The number of nitrogens with zero attached hydrogens (tertiary/aromatic N) is 2. The van der Waals surface area contributed by atoms with Gasteiger partial charge in [-0.05, 0) is 6.42 Å². The van der Waals surface area contributed by atoms with Crippen LogP contribution in [-0.4, -0.2) is 9.97 Å². The van der Waals surface area contributed by atoms with E-state index in [1.807, 2.05) is 5.51 Å². The van der Waals surface area contributed by atoms with Crippen LogP contribution < -0.4 is 0 Å². The molecule has 0 aromatic carbocycles. The summed E-state index contributed by atoms with van der Waals surface area (Å²) in [5, 5.41) is 1.21. The summed E-state index contributed by atoms with van der Waals surface area (Å²) >= 11 is 3.35. The van der Waals surface area contributed by atoms with Crippen LogP contribution in [0.4, 0.5) is 0 Å². The first kappa shape index (κ1) is 9.09. The lowest BCUT2D eigenvalue weighted by atomic mass is 9.91. The Bertz CT molecular complexity index is 385. The molecule has 70 valence electrons. The number of hydrogen-bond acceptors (Lipinski definition) is 4. The van der Waals surface area contributed by atoms with Crippen LogP contribution in [0.5, 0.6) is 0 Å². The molecule has 0 atom stereocenters. The molecule has 0 aliphatic carbocycles. The fourth-order valence-corrected chi connectivity index (χ4v) is 2.95. The Morgan fingerprint density at radius 3 is 2.77 bits per heavy atom. The number of aromatic nitrogens is 2. The molecule has 0 aliphatic heterocycles. The van der Waals surface area contributed by atoms with Crippen LogP contribution in [-0.2, 0) is 5.41 Å². The fraction of sp³-hybridized carbons (Fsp3) is 0.556. The summed E-state index contributed by atoms with van der Waals surface area (Å²) in [6, 6.07) is 0. The van der Waals surface area contributed by atoms with Crippen molar-refractivity contribution in [2.24, 2.45) is 0 Å². The number of fused-ring (bicyclic) bond motifs is 1. The van der Waals surface area contributed by atoms with Gasteiger partial charge in [-0.15, -0.1) is 11.3 Å². The van der Waals surface area contributed by atoms with Crippen molar-refractivity contribution in [3.63, 3.8) is 0 Å². The summed E-state index contributed by atoms with van der Waals surface area (Å²) in [5.41, 5.74) is 2.06. The van der Waals surface area contributed by atoms with E-state index in [9.17, 15) is 0 Å². The topological polar surface area (TPSA) is 25.8 Å². The van der Waals surface area contributed by atoms with Crippen molar-refractivity contribution in [2.75, 3.05) is 0 Å². The van der Waals surface area contributed by atoms with Gasteiger partial charge in [0.25, 0.3) is 0 Å². The van der Waals surface area contributed by atoms with Gasteiger partial charge >= 0.3 is 0 Å². The van der Waals surface area contributed by atoms with Gasteiger partial charge < -0.3 is 0 Å². The van der Waals surface area contributed by atoms with Gasteiger partial charge in [0.2, 0.25) is 0 Å². The fourth-order valence-electron chi connectivity index (χ4n) is 1.02. The van der Waals surface area contributed by atoms with E-state index in [-0.39, 0.29) is 5.41 Å². The second-order valence-corrected chi connectivity index (χ2v) is 5.53. The van der Waals surface area contributed by atoms with E-state index in [2.05, 4.69) is 30.7 Å². The molecule has 13 heavy (non-hydrogen) atoms. The molecule has 0 saturated heterocycles. The van der Waals surface area contributed by atoms with Crippen molar-refractivity contribution >= 4 is 32.3 Å². The van der Waals surface area contributed by atoms with Crippen LogP contribution >= 0.6 is 22.7 Å². The minimum atomic E-state index is 0.199. The zero-order valence-corrected chi connectivity index (χ0v) is 9.63. The standard InChI is InChI=1S/C9H12N2S2/c1-4-9(2,3)8-11-7-6(13-8)10-5-12-7/h5H,4H2,1-3H3. The maximum absolute atomic E-state index is 4.59. The predicted octanol–water partition coefficient (Wildman–Crippen LogP) is 3.44. The molecular formula is C9H12N2S2. The van der Waals surface area contributed by atoms with E-state index in [1.165, 1.54) is 5.01 Å². The average Bonchev–Trinajstić information content (AvgIpc) is 2.61. The van der Waals surface area contributed by atoms with Crippen LogP contribution in [0.15, 0.2) is 5.51 Å². The van der Waals surface area contributed by atoms with Gasteiger partial charge in [-0.1, -0.05) is 32.1 Å². The van der Waals surface area contributed by atoms with Gasteiger partial charge in [-0.2, -0.15) is 0 Å². The SMILES string of the molecule is CCC(C)(C)c1nc2scnc2s1. The third-order valence-corrected chi connectivity index (χ3v) is 4.55. The van der Waals surface area contributed by atoms with Crippen LogP contribution in [0.3, 0.4) is 0 Å². The molecule has 0 spiro atoms. The first-order valence-electron chi connectivity index (χ1n) is 4.34. The Morgan fingerprint density at radius 2 is 2.15 bits per heavy atom. The summed E-state index contributed by atoms with van der Waals surface area (Å²) in [4.78, 5) is 11.0. The summed E-state index contributed by atoms with van der Waals surface area (Å²) in [7, 11) is 0. The summed E-state index contributed by atoms with van der Waals surface area (Å²) in [5.74, 6) is 0. The number of rotatable bonds is 2. The zero-order valence-electron chi connectivity index (χ0n) is 8.00. The Morgan fingerprint density at radius 1 is 1.38 bits per heavy atom. The monoisotopic (exact) mass is 212 g/mol. The largest absolute Gasteiger partial charge is 0.232 e. The molecule has 0 radical (unpaired) electrons. The molecule has 0 saturated carbocycles. The molecule has 0 bridgehead atoms. The Kier molecular flexibility index (Phi) is 2.12. The van der Waals surface area contributed by atoms with Crippen LogP contribution in [0, 0.1) is 0 Å². The van der Waals surface area contributed by atoms with Crippen molar-refractivity contribution in [1.82, 2.24) is 9.97 Å². The van der Waals surface area contributed by atoms with Gasteiger partial charge in [-0.3, -0.25) is 0 Å². The van der Waals surface area contributed by atoms with E-state index >= 15 is 0 Å². The number of thiazole rings is 2. The highest BCUT2D eigenvalue weighted by Gasteiger charge is 2.23. The van der Waals surface area contributed by atoms with Crippen molar-refractivity contribution in [3.05, 3.63) is 10.5 Å². The Hall–Kier alpha value is -0.480. The molecule has 0 N–H and O–H groups in total. The van der Waals surface area contributed by atoms with E-state index in [1.54, 1.807) is 22.7 Å². The first-order chi connectivity index (χ1) is 6.13. The molecule has 4 heteroatoms. The molecule has 2 heterocycles. The lowest BCUT2D eigenvalue weighted by molar-refractivity contribution is 0.504. The van der Waals surface area contributed by atoms with E-state index in [4.69, 9.17) is 0 Å². The normalized spacial score (nSPS) is 12.5. The highest BCUT2D eigenvalue weighted by molar-refractivity contribution is 7.25. The van der Waals surface area contributed by atoms with E-state index in [0.29, 0.717) is 0 Å². The minimum absolute atomic E-state index is 0.199. The van der Waals surface area contributed by atoms with Crippen molar-refractivity contribution in [2.45, 2.75) is 32.6 Å². The number of hydrogen-bond donors (Lipinski definition) is 0. The van der Waals surface area contributed by atoms with Gasteiger partial charge in [0.1, 0.15) is 5.01 Å². The molecule has 0 unspecified atom stereocenters. The third-order valence-electron chi connectivity index (χ3n) is 2.38. The minimum Gasteiger partial charge on any atom is -0.232 e. The van der Waals surface area contributed by atoms with E-state index < -0.39 is 0 Å². The van der Waals surface area contributed by atoms with Crippen LogP contribution in [0.1, 0.15) is 32.2 Å². The van der Waals surface area contributed by atoms with Crippen molar-refractivity contribution in [1.29, 1.82) is 0 Å². The molecule has 2 nitrogen and oxygen atoms in total. The quantitative estimate of drug-likeness (QED) is 0.762. The molecule has 2 rings (SSSR count). The van der Waals surface area contributed by atoms with Crippen LogP contribution in [0.2, 0.25) is 0 Å². The predicted molar refractivity (Wildman–Crippen MR) is 58.6 cm³/mol. The summed E-state index contributed by atoms with van der Waals surface area (Å²) < 4.78 is 0. The lowest BCUT2D eigenvalue weighted by Crippen LogP contribution is -2.14. The van der Waals surface area contributed by atoms with Gasteiger partial charge in [0, 0.05) is 5.41 Å². The molecule has 2 aromatic rings. The highest BCUT2D eigenvalue weighted by atomic mass is 32.1. The smallest absolute Gasteiger partial charge is 0.154 e. The maximum atomic E-state index is 4.59. The summed E-state index contributed by atoms with van der Waals surface area (Å²) in [6.07, 6.45) is 1.12. The third kappa shape index (κ3) is 1.48. The van der Waals surface area contributed by atoms with Crippen molar-refractivity contribution < 1.29 is 0 Å². The van der Waals surface area contributed by atoms with E-state index in [0.717, 1.165) is 16.1 Å². The zero-order chi connectivity index (χ0) is 9.47.